The Hall–Kier alpha value is -2.17. The van der Waals surface area contributed by atoms with Gasteiger partial charge in [0.05, 0.1) is 10.4 Å². The maximum absolute atomic E-state index is 13.0. The average molecular weight is 264 g/mol. The second kappa shape index (κ2) is 6.68. The minimum Gasteiger partial charge on any atom is -0.320 e. The first-order chi connectivity index (χ1) is 9.11. The zero-order valence-corrected chi connectivity index (χ0v) is 11.3. The van der Waals surface area contributed by atoms with Gasteiger partial charge in [0.1, 0.15) is 5.82 Å². The van der Waals surface area contributed by atoms with E-state index in [1.807, 2.05) is 13.8 Å². The smallest absolute Gasteiger partial charge is 0.246 e. The zero-order chi connectivity index (χ0) is 14.4. The number of rotatable bonds is 3. The normalized spacial score (nSPS) is 11.1. The van der Waals surface area contributed by atoms with E-state index >= 15 is 0 Å². The van der Waals surface area contributed by atoms with Crippen molar-refractivity contribution in [3.05, 3.63) is 57.8 Å². The number of fused-ring (bicyclic) bond motifs is 1. The van der Waals surface area contributed by atoms with Crippen molar-refractivity contribution >= 4 is 11.6 Å². The van der Waals surface area contributed by atoms with Crippen molar-refractivity contribution in [3.63, 3.8) is 0 Å². The molecule has 0 fully saturated rings. The second-order valence-electron chi connectivity index (χ2n) is 3.66. The van der Waals surface area contributed by atoms with Crippen LogP contribution in [0.2, 0.25) is 0 Å². The summed E-state index contributed by atoms with van der Waals surface area (Å²) in [6, 6.07) is 4.67. The van der Waals surface area contributed by atoms with Crippen molar-refractivity contribution in [2.45, 2.75) is 27.2 Å². The molecule has 2 heterocycles. The number of halogens is 1. The lowest BCUT2D eigenvalue weighted by Crippen LogP contribution is -1.96. The molecule has 0 aliphatic rings. The second-order valence-corrected chi connectivity index (χ2v) is 3.66. The Morgan fingerprint density at radius 3 is 2.68 bits per heavy atom. The molecule has 0 saturated heterocycles. The lowest BCUT2D eigenvalue weighted by Gasteiger charge is -1.97. The van der Waals surface area contributed by atoms with Gasteiger partial charge in [-0.15, -0.1) is 0 Å². The summed E-state index contributed by atoms with van der Waals surface area (Å²) in [5.74, 6) is -0.339. The van der Waals surface area contributed by atoms with Crippen LogP contribution in [0.3, 0.4) is 0 Å². The van der Waals surface area contributed by atoms with Crippen LogP contribution in [0.15, 0.2) is 36.3 Å². The number of hydrogen-bond donors (Lipinski definition) is 0. The number of pyridine rings is 1. The van der Waals surface area contributed by atoms with E-state index in [0.717, 1.165) is 11.1 Å². The fourth-order valence-corrected chi connectivity index (χ4v) is 1.69. The van der Waals surface area contributed by atoms with E-state index in [1.54, 1.807) is 29.7 Å². The van der Waals surface area contributed by atoms with Gasteiger partial charge in [0.25, 0.3) is 0 Å². The summed E-state index contributed by atoms with van der Waals surface area (Å²) in [6.07, 6.45) is 4.89. The minimum atomic E-state index is -0.396. The Morgan fingerprint density at radius 2 is 2.11 bits per heavy atom. The molecule has 102 valence electrons. The summed E-state index contributed by atoms with van der Waals surface area (Å²) in [7, 11) is 0. The lowest BCUT2D eigenvalue weighted by atomic mass is 10.2. The molecular weight excluding hydrogens is 247 g/mol. The van der Waals surface area contributed by atoms with Gasteiger partial charge < -0.3 is 4.40 Å². The highest BCUT2D eigenvalue weighted by molar-refractivity contribution is 5.70. The van der Waals surface area contributed by atoms with Crippen LogP contribution in [-0.4, -0.2) is 9.32 Å². The molecule has 0 amide bonds. The predicted octanol–water partition coefficient (Wildman–Crippen LogP) is 4.13. The van der Waals surface area contributed by atoms with E-state index in [0.29, 0.717) is 6.42 Å². The molecule has 5 heteroatoms. The van der Waals surface area contributed by atoms with Crippen molar-refractivity contribution in [3.8, 4) is 0 Å². The van der Waals surface area contributed by atoms with E-state index < -0.39 is 4.92 Å². The Labute approximate surface area is 111 Å². The fourth-order valence-electron chi connectivity index (χ4n) is 1.69. The third-order valence-electron chi connectivity index (χ3n) is 2.57. The molecule has 0 radical (unpaired) electrons. The van der Waals surface area contributed by atoms with Crippen LogP contribution in [0.4, 0.5) is 4.39 Å². The summed E-state index contributed by atoms with van der Waals surface area (Å²) in [4.78, 5) is 10.3. The number of allylic oxidation sites excluding steroid dienone is 1. The van der Waals surface area contributed by atoms with E-state index in [1.165, 1.54) is 18.3 Å². The molecule has 0 aliphatic heterocycles. The van der Waals surface area contributed by atoms with Crippen LogP contribution in [0.25, 0.3) is 11.6 Å². The molecule has 0 saturated carbocycles. The van der Waals surface area contributed by atoms with Crippen LogP contribution in [-0.2, 0) is 0 Å². The minimum absolute atomic E-state index is 0.141. The van der Waals surface area contributed by atoms with Gasteiger partial charge in [-0.2, -0.15) is 0 Å². The lowest BCUT2D eigenvalue weighted by molar-refractivity contribution is -0.425. The largest absolute Gasteiger partial charge is 0.320 e. The summed E-state index contributed by atoms with van der Waals surface area (Å²) in [5, 5.41) is 10.7. The van der Waals surface area contributed by atoms with Gasteiger partial charge in [-0.1, -0.05) is 20.8 Å². The van der Waals surface area contributed by atoms with Crippen LogP contribution >= 0.6 is 0 Å². The van der Waals surface area contributed by atoms with E-state index in [4.69, 9.17) is 0 Å². The Balaban J connectivity index is 0.000000861. The summed E-state index contributed by atoms with van der Waals surface area (Å²) >= 11 is 0. The van der Waals surface area contributed by atoms with Crippen LogP contribution in [0.1, 0.15) is 32.8 Å². The summed E-state index contributed by atoms with van der Waals surface area (Å²) < 4.78 is 14.6. The number of nitrogens with zero attached hydrogens (tertiary/aromatic N) is 2. The van der Waals surface area contributed by atoms with Crippen molar-refractivity contribution in [1.82, 2.24) is 4.40 Å². The topological polar surface area (TPSA) is 47.5 Å². The van der Waals surface area contributed by atoms with Gasteiger partial charge in [0, 0.05) is 30.5 Å². The molecule has 0 unspecified atom stereocenters. The highest BCUT2D eigenvalue weighted by Crippen LogP contribution is 2.18. The molecule has 0 N–H and O–H groups in total. The van der Waals surface area contributed by atoms with Crippen LogP contribution < -0.4 is 0 Å². The van der Waals surface area contributed by atoms with Gasteiger partial charge in [-0.05, 0) is 18.2 Å². The van der Waals surface area contributed by atoms with Gasteiger partial charge >= 0.3 is 0 Å². The predicted molar refractivity (Wildman–Crippen MR) is 74.0 cm³/mol. The fraction of sp³-hybridized carbons (Fsp3) is 0.286. The van der Waals surface area contributed by atoms with Crippen molar-refractivity contribution in [2.75, 3.05) is 0 Å². The molecule has 2 aromatic rings. The highest BCUT2D eigenvalue weighted by Gasteiger charge is 2.09. The Kier molecular flexibility index (Phi) is 5.23. The number of nitro groups is 1. The third kappa shape index (κ3) is 3.40. The average Bonchev–Trinajstić information content (AvgIpc) is 2.80. The monoisotopic (exact) mass is 264 g/mol. The molecule has 0 aromatic carbocycles. The first-order valence-corrected chi connectivity index (χ1v) is 6.23. The molecule has 4 nitrogen and oxygen atoms in total. The summed E-state index contributed by atoms with van der Waals surface area (Å²) in [5.41, 5.74) is 1.61. The van der Waals surface area contributed by atoms with Crippen molar-refractivity contribution in [2.24, 2.45) is 0 Å². The zero-order valence-electron chi connectivity index (χ0n) is 11.3. The quantitative estimate of drug-likeness (QED) is 0.618. The maximum Gasteiger partial charge on any atom is 0.246 e. The van der Waals surface area contributed by atoms with Crippen LogP contribution in [0, 0.1) is 15.9 Å². The first kappa shape index (κ1) is 14.9. The molecule has 0 atom stereocenters. The first-order valence-electron chi connectivity index (χ1n) is 6.23. The molecular formula is C14H17FN2O2. The Bertz CT molecular complexity index is 603. The van der Waals surface area contributed by atoms with Gasteiger partial charge in [-0.3, -0.25) is 10.1 Å². The van der Waals surface area contributed by atoms with Crippen LogP contribution in [0.5, 0.6) is 0 Å². The molecule has 0 bridgehead atoms. The van der Waals surface area contributed by atoms with Crippen molar-refractivity contribution in [1.29, 1.82) is 0 Å². The van der Waals surface area contributed by atoms with E-state index in [9.17, 15) is 14.5 Å². The maximum atomic E-state index is 13.0. The van der Waals surface area contributed by atoms with Gasteiger partial charge in [0.2, 0.25) is 5.70 Å². The van der Waals surface area contributed by atoms with Crippen molar-refractivity contribution < 1.29 is 9.31 Å². The Morgan fingerprint density at radius 1 is 1.42 bits per heavy atom. The molecule has 2 rings (SSSR count). The standard InChI is InChI=1S/C12H11FN2O2.C2H6/c1-2-11(15(16)17)7-9-5-6-14-8-10(13)3-4-12(9)14;1-2/h3-8H,2H2,1H3;1-2H3/b11-7+;. The highest BCUT2D eigenvalue weighted by atomic mass is 19.1. The molecule has 2 aromatic heterocycles. The SMILES string of the molecule is CC.CC/C(=C\c1ccn2cc(F)ccc12)[N+](=O)[O-]. The molecule has 19 heavy (non-hydrogen) atoms. The van der Waals surface area contributed by atoms with E-state index in [2.05, 4.69) is 0 Å². The van der Waals surface area contributed by atoms with E-state index in [-0.39, 0.29) is 11.5 Å². The van der Waals surface area contributed by atoms with Gasteiger partial charge in [0.15, 0.2) is 0 Å². The third-order valence-corrected chi connectivity index (χ3v) is 2.57. The molecule has 0 aliphatic carbocycles. The molecule has 0 spiro atoms. The number of hydrogen-bond acceptors (Lipinski definition) is 2. The van der Waals surface area contributed by atoms with Gasteiger partial charge in [-0.25, -0.2) is 4.39 Å². The summed E-state index contributed by atoms with van der Waals surface area (Å²) in [6.45, 7) is 5.73. The number of aromatic nitrogens is 1.